The third-order valence-corrected chi connectivity index (χ3v) is 2.42. The molecule has 0 amide bonds. The lowest BCUT2D eigenvalue weighted by atomic mass is 10.1. The van der Waals surface area contributed by atoms with Gasteiger partial charge in [0, 0.05) is 32.1 Å². The van der Waals surface area contributed by atoms with Gasteiger partial charge in [-0.2, -0.15) is 0 Å². The van der Waals surface area contributed by atoms with Crippen molar-refractivity contribution >= 4 is 23.9 Å². The van der Waals surface area contributed by atoms with Crippen molar-refractivity contribution in [2.45, 2.75) is 20.3 Å². The monoisotopic (exact) mass is 293 g/mol. The Morgan fingerprint density at radius 2 is 1.95 bits per heavy atom. The van der Waals surface area contributed by atoms with Gasteiger partial charge in [0.1, 0.15) is 11.5 Å². The first kappa shape index (κ1) is 18.9. The molecule has 0 saturated heterocycles. The van der Waals surface area contributed by atoms with E-state index in [0.29, 0.717) is 35.3 Å². The molecule has 0 heterocycles. The van der Waals surface area contributed by atoms with Gasteiger partial charge in [-0.3, -0.25) is 9.79 Å². The van der Waals surface area contributed by atoms with Gasteiger partial charge in [-0.05, 0) is 25.5 Å². The summed E-state index contributed by atoms with van der Waals surface area (Å²) in [7, 11) is 4.74. The van der Waals surface area contributed by atoms with E-state index in [1.54, 1.807) is 45.6 Å². The fraction of sp³-hybridized carbons (Fsp3) is 0.375. The number of carbonyl (C=O) groups excluding carboxylic acids is 1. The molecule has 0 aliphatic rings. The summed E-state index contributed by atoms with van der Waals surface area (Å²) in [6.07, 6.45) is 4.69. The van der Waals surface area contributed by atoms with Crippen molar-refractivity contribution in [3.63, 3.8) is 0 Å². The van der Waals surface area contributed by atoms with Crippen molar-refractivity contribution in [1.82, 2.24) is 0 Å². The number of rotatable bonds is 5. The van der Waals surface area contributed by atoms with Crippen LogP contribution in [0.15, 0.2) is 23.2 Å². The van der Waals surface area contributed by atoms with Crippen molar-refractivity contribution in [3.05, 3.63) is 29.3 Å². The fourth-order valence-electron chi connectivity index (χ4n) is 1.61. The molecule has 0 aromatic heterocycles. The van der Waals surface area contributed by atoms with Crippen LogP contribution in [0.5, 0.6) is 5.75 Å². The molecule has 5 nitrogen and oxygen atoms in total. The molecule has 0 atom stereocenters. The number of nitrogens with zero attached hydrogens (tertiary/aromatic N) is 1. The zero-order chi connectivity index (χ0) is 16.3. The summed E-state index contributed by atoms with van der Waals surface area (Å²) in [5, 5.41) is 9.94. The van der Waals surface area contributed by atoms with E-state index in [2.05, 4.69) is 9.73 Å². The largest absolute Gasteiger partial charge is 0.508 e. The Morgan fingerprint density at radius 3 is 2.38 bits per heavy atom. The third-order valence-electron chi connectivity index (χ3n) is 2.42. The van der Waals surface area contributed by atoms with Crippen molar-refractivity contribution in [3.8, 4) is 5.75 Å². The van der Waals surface area contributed by atoms with Crippen LogP contribution in [0.4, 0.5) is 5.69 Å². The molecule has 0 spiro atoms. The summed E-state index contributed by atoms with van der Waals surface area (Å²) in [5.41, 5.74) is 1.48. The predicted molar refractivity (Wildman–Crippen MR) is 86.0 cm³/mol. The van der Waals surface area contributed by atoms with E-state index in [0.717, 1.165) is 0 Å². The molecule has 1 N–H and O–H groups in total. The fourth-order valence-corrected chi connectivity index (χ4v) is 1.61. The van der Waals surface area contributed by atoms with Crippen molar-refractivity contribution < 1.29 is 19.4 Å². The van der Waals surface area contributed by atoms with E-state index in [1.807, 2.05) is 6.92 Å². The molecule has 0 bridgehead atoms. The van der Waals surface area contributed by atoms with E-state index in [-0.39, 0.29) is 5.76 Å². The molecule has 1 rings (SSSR count). The minimum Gasteiger partial charge on any atom is -0.508 e. The Bertz CT molecular complexity index is 507. The quantitative estimate of drug-likeness (QED) is 0.509. The van der Waals surface area contributed by atoms with Crippen molar-refractivity contribution in [2.75, 3.05) is 21.3 Å². The molecule has 0 radical (unpaired) electrons. The van der Waals surface area contributed by atoms with E-state index >= 15 is 0 Å². The Labute approximate surface area is 125 Å². The number of hydrogen-bond acceptors (Lipinski definition) is 5. The molecule has 0 unspecified atom stereocenters. The van der Waals surface area contributed by atoms with Gasteiger partial charge in [0.25, 0.3) is 0 Å². The molecule has 0 saturated carbocycles. The molecule has 21 heavy (non-hydrogen) atoms. The molecular formula is C16H23NO4. The molecule has 0 aliphatic heterocycles. The van der Waals surface area contributed by atoms with Crippen LogP contribution in [-0.2, 0) is 4.74 Å². The first-order valence-electron chi connectivity index (χ1n) is 6.54. The number of aliphatic imine (C=N–C) groups is 1. The Morgan fingerprint density at radius 1 is 1.33 bits per heavy atom. The second-order valence-corrected chi connectivity index (χ2v) is 4.02. The molecule has 5 heteroatoms. The highest BCUT2D eigenvalue weighted by molar-refractivity contribution is 5.85. The summed E-state index contributed by atoms with van der Waals surface area (Å²) in [4.78, 5) is 15.1. The van der Waals surface area contributed by atoms with Gasteiger partial charge >= 0.3 is 0 Å². The molecule has 116 valence electrons. The second-order valence-electron chi connectivity index (χ2n) is 4.02. The van der Waals surface area contributed by atoms with Gasteiger partial charge in [-0.1, -0.05) is 6.92 Å². The highest BCUT2D eigenvalue weighted by atomic mass is 16.5. The van der Waals surface area contributed by atoms with Gasteiger partial charge < -0.3 is 14.6 Å². The van der Waals surface area contributed by atoms with E-state index < -0.39 is 0 Å². The predicted octanol–water partition coefficient (Wildman–Crippen LogP) is 3.80. The van der Waals surface area contributed by atoms with Crippen LogP contribution in [0.1, 0.15) is 36.2 Å². The Hall–Kier alpha value is -2.14. The van der Waals surface area contributed by atoms with Crippen LogP contribution in [0.25, 0.3) is 5.76 Å². The number of aliphatic hydroxyl groups is 1. The smallest absolute Gasteiger partial charge is 0.153 e. The van der Waals surface area contributed by atoms with Gasteiger partial charge in [0.2, 0.25) is 0 Å². The standard InChI is InChI=1S/C14H17NO3.C2H6O/c1-4-6-13(17)11-7-10(9-16)14(18-3)8-12(11)15-5-2;1-3-2/h5-9,17H,4H2,1-3H3;1-2H3/b13-6-,15-5?;. The topological polar surface area (TPSA) is 68.1 Å². The number of allylic oxidation sites excluding steroid dienone is 1. The number of aldehydes is 1. The van der Waals surface area contributed by atoms with Crippen LogP contribution >= 0.6 is 0 Å². The lowest BCUT2D eigenvalue weighted by Gasteiger charge is -2.10. The second kappa shape index (κ2) is 10.6. The molecule has 0 fully saturated rings. The summed E-state index contributed by atoms with van der Waals surface area (Å²) < 4.78 is 9.36. The van der Waals surface area contributed by atoms with Crippen LogP contribution in [-0.4, -0.2) is 38.9 Å². The molecular weight excluding hydrogens is 270 g/mol. The van der Waals surface area contributed by atoms with Crippen LogP contribution < -0.4 is 4.74 Å². The van der Waals surface area contributed by atoms with Gasteiger partial charge in [-0.15, -0.1) is 0 Å². The SMILES string of the molecule is CC=Nc1cc(OC)c(C=O)cc1/C(O)=C/CC.COC. The average Bonchev–Trinajstić information content (AvgIpc) is 2.48. The van der Waals surface area contributed by atoms with Crippen molar-refractivity contribution in [1.29, 1.82) is 0 Å². The summed E-state index contributed by atoms with van der Waals surface area (Å²) in [5.74, 6) is 0.558. The molecule has 1 aromatic carbocycles. The summed E-state index contributed by atoms with van der Waals surface area (Å²) >= 11 is 0. The Kier molecular flexibility index (Phi) is 9.54. The molecule has 0 aliphatic carbocycles. The van der Waals surface area contributed by atoms with Gasteiger partial charge in [0.15, 0.2) is 6.29 Å². The minimum atomic E-state index is 0.115. The Balaban J connectivity index is 0.00000122. The number of methoxy groups -OCH3 is 2. The van der Waals surface area contributed by atoms with Crippen LogP contribution in [0, 0.1) is 0 Å². The number of carbonyl (C=O) groups is 1. The number of aliphatic hydroxyl groups excluding tert-OH is 1. The lowest BCUT2D eigenvalue weighted by molar-refractivity contribution is 0.112. The normalized spacial score (nSPS) is 11.0. The zero-order valence-corrected chi connectivity index (χ0v) is 13.2. The van der Waals surface area contributed by atoms with E-state index in [4.69, 9.17) is 4.74 Å². The van der Waals surface area contributed by atoms with E-state index in [1.165, 1.54) is 7.11 Å². The molecule has 1 aromatic rings. The maximum atomic E-state index is 11.0. The summed E-state index contributed by atoms with van der Waals surface area (Å²) in [6, 6.07) is 3.22. The lowest BCUT2D eigenvalue weighted by Crippen LogP contribution is -1.94. The maximum Gasteiger partial charge on any atom is 0.153 e. The number of benzene rings is 1. The van der Waals surface area contributed by atoms with Gasteiger partial charge in [0.05, 0.1) is 18.4 Å². The first-order chi connectivity index (χ1) is 10.1. The maximum absolute atomic E-state index is 11.0. The van der Waals surface area contributed by atoms with Crippen LogP contribution in [0.2, 0.25) is 0 Å². The third kappa shape index (κ3) is 5.79. The van der Waals surface area contributed by atoms with Crippen molar-refractivity contribution in [2.24, 2.45) is 4.99 Å². The number of ether oxygens (including phenoxy) is 2. The highest BCUT2D eigenvalue weighted by Crippen LogP contribution is 2.32. The average molecular weight is 293 g/mol. The van der Waals surface area contributed by atoms with E-state index in [9.17, 15) is 9.90 Å². The van der Waals surface area contributed by atoms with Gasteiger partial charge in [-0.25, -0.2) is 0 Å². The number of hydrogen-bond donors (Lipinski definition) is 1. The minimum absolute atomic E-state index is 0.115. The zero-order valence-electron chi connectivity index (χ0n) is 13.2. The van der Waals surface area contributed by atoms with Crippen LogP contribution in [0.3, 0.4) is 0 Å². The first-order valence-corrected chi connectivity index (χ1v) is 6.54. The highest BCUT2D eigenvalue weighted by Gasteiger charge is 2.12. The summed E-state index contributed by atoms with van der Waals surface area (Å²) in [6.45, 7) is 3.70.